The molecule has 0 aliphatic rings. The Balaban J connectivity index is 1.72. The number of fused-ring (bicyclic) bond motifs is 1. The summed E-state index contributed by atoms with van der Waals surface area (Å²) in [6, 6.07) is 17.5. The van der Waals surface area contributed by atoms with Crippen LogP contribution in [0.4, 0.5) is 8.78 Å². The molecule has 0 bridgehead atoms. The Morgan fingerprint density at radius 1 is 1.03 bits per heavy atom. The van der Waals surface area contributed by atoms with Gasteiger partial charge in [0.1, 0.15) is 17.9 Å². The van der Waals surface area contributed by atoms with Crippen LogP contribution in [-0.4, -0.2) is 11.1 Å². The Bertz CT molecular complexity index is 1270. The summed E-state index contributed by atoms with van der Waals surface area (Å²) in [4.78, 5) is 11.1. The maximum absolute atomic E-state index is 13.8. The first-order chi connectivity index (χ1) is 15.5. The van der Waals surface area contributed by atoms with Crippen molar-refractivity contribution in [3.05, 3.63) is 89.2 Å². The van der Waals surface area contributed by atoms with Gasteiger partial charge in [0.2, 0.25) is 0 Å². The third-order valence-electron chi connectivity index (χ3n) is 5.21. The molecule has 0 aliphatic carbocycles. The predicted molar refractivity (Wildman–Crippen MR) is 117 cm³/mol. The average molecular weight is 437 g/mol. The van der Waals surface area contributed by atoms with Crippen molar-refractivity contribution >= 4 is 16.9 Å². The molecular formula is C25H21F2NO4. The molecule has 32 heavy (non-hydrogen) atoms. The predicted octanol–water partition coefficient (Wildman–Crippen LogP) is 5.70. The fraction of sp³-hybridized carbons (Fsp3) is 0.160. The molecule has 0 spiro atoms. The summed E-state index contributed by atoms with van der Waals surface area (Å²) in [5, 5.41) is 9.61. The van der Waals surface area contributed by atoms with Crippen LogP contribution in [0, 0.1) is 0 Å². The normalized spacial score (nSPS) is 11.2. The Morgan fingerprint density at radius 3 is 2.59 bits per heavy atom. The third-order valence-corrected chi connectivity index (χ3v) is 5.21. The van der Waals surface area contributed by atoms with Gasteiger partial charge in [-0.1, -0.05) is 36.4 Å². The van der Waals surface area contributed by atoms with Crippen molar-refractivity contribution in [2.45, 2.75) is 26.0 Å². The smallest absolute Gasteiger partial charge is 0.307 e. The van der Waals surface area contributed by atoms with Crippen LogP contribution in [0.2, 0.25) is 0 Å². The topological polar surface area (TPSA) is 85.7 Å². The molecule has 0 saturated carbocycles. The Hall–Kier alpha value is -3.71. The Kier molecular flexibility index (Phi) is 6.18. The summed E-state index contributed by atoms with van der Waals surface area (Å²) in [6.07, 6.45) is -1.50. The summed E-state index contributed by atoms with van der Waals surface area (Å²) >= 11 is 0. The van der Waals surface area contributed by atoms with Crippen LogP contribution in [-0.2, 0) is 24.4 Å². The van der Waals surface area contributed by atoms with Crippen LogP contribution in [0.5, 0.6) is 5.75 Å². The van der Waals surface area contributed by atoms with E-state index in [1.54, 1.807) is 30.3 Å². The highest BCUT2D eigenvalue weighted by atomic mass is 19.3. The van der Waals surface area contributed by atoms with Gasteiger partial charge in [-0.25, -0.2) is 8.78 Å². The fourth-order valence-corrected chi connectivity index (χ4v) is 3.64. The molecule has 1 aromatic heterocycles. The second kappa shape index (κ2) is 9.20. The number of carboxylic acids is 1. The van der Waals surface area contributed by atoms with E-state index in [1.807, 2.05) is 24.3 Å². The molecule has 7 heteroatoms. The van der Waals surface area contributed by atoms with Gasteiger partial charge in [0, 0.05) is 23.1 Å². The molecule has 0 radical (unpaired) electrons. The SMILES string of the molecule is NCc1cccc(-c2cc(C(F)F)c3occ(COc4ccccc4CC(=O)O)c3c2)c1. The van der Waals surface area contributed by atoms with E-state index in [2.05, 4.69) is 0 Å². The molecule has 4 aromatic rings. The fourth-order valence-electron chi connectivity index (χ4n) is 3.64. The van der Waals surface area contributed by atoms with Crippen LogP contribution in [0.25, 0.3) is 22.1 Å². The molecule has 0 saturated heterocycles. The number of carbonyl (C=O) groups is 1. The second-order valence-electron chi connectivity index (χ2n) is 7.38. The molecule has 0 fully saturated rings. The van der Waals surface area contributed by atoms with Crippen molar-refractivity contribution in [2.75, 3.05) is 0 Å². The standard InChI is InChI=1S/C25H21F2NO4/c26-25(27)21-10-18(16-6-3-4-15(8-16)12-28)9-20-19(14-32-24(20)21)13-31-22-7-2-1-5-17(22)11-23(29)30/h1-10,14,25H,11-13,28H2,(H,29,30). The molecule has 0 atom stereocenters. The maximum Gasteiger partial charge on any atom is 0.307 e. The zero-order valence-electron chi connectivity index (χ0n) is 17.1. The molecule has 0 amide bonds. The zero-order valence-corrected chi connectivity index (χ0v) is 17.1. The summed E-state index contributed by atoms with van der Waals surface area (Å²) in [5.41, 5.74) is 9.04. The number of rotatable bonds is 8. The van der Waals surface area contributed by atoms with Crippen LogP contribution >= 0.6 is 0 Å². The van der Waals surface area contributed by atoms with Gasteiger partial charge >= 0.3 is 5.97 Å². The number of hydrogen-bond donors (Lipinski definition) is 2. The van der Waals surface area contributed by atoms with Crippen molar-refractivity contribution < 1.29 is 27.8 Å². The minimum atomic E-state index is -2.72. The first-order valence-electron chi connectivity index (χ1n) is 10.0. The van der Waals surface area contributed by atoms with Gasteiger partial charge in [0.05, 0.1) is 18.2 Å². The number of para-hydroxylation sites is 1. The number of nitrogens with two attached hydrogens (primary N) is 1. The highest BCUT2D eigenvalue weighted by Crippen LogP contribution is 2.36. The molecule has 4 rings (SSSR count). The lowest BCUT2D eigenvalue weighted by atomic mass is 9.98. The van der Waals surface area contributed by atoms with E-state index in [1.165, 1.54) is 12.3 Å². The number of alkyl halides is 2. The van der Waals surface area contributed by atoms with Crippen molar-refractivity contribution in [1.82, 2.24) is 0 Å². The summed E-state index contributed by atoms with van der Waals surface area (Å²) < 4.78 is 38.9. The lowest BCUT2D eigenvalue weighted by molar-refractivity contribution is -0.136. The van der Waals surface area contributed by atoms with Gasteiger partial charge in [-0.05, 0) is 41.0 Å². The molecule has 0 aliphatic heterocycles. The quantitative estimate of drug-likeness (QED) is 0.369. The molecule has 3 aromatic carbocycles. The van der Waals surface area contributed by atoms with Crippen molar-refractivity contribution in [3.8, 4) is 16.9 Å². The summed E-state index contributed by atoms with van der Waals surface area (Å²) in [5.74, 6) is -0.550. The second-order valence-corrected chi connectivity index (χ2v) is 7.38. The van der Waals surface area contributed by atoms with E-state index < -0.39 is 12.4 Å². The Morgan fingerprint density at radius 2 is 1.84 bits per heavy atom. The molecular weight excluding hydrogens is 416 g/mol. The Labute approximate surface area is 183 Å². The number of carboxylic acid groups (broad SMARTS) is 1. The van der Waals surface area contributed by atoms with Crippen LogP contribution in [0.1, 0.15) is 28.7 Å². The van der Waals surface area contributed by atoms with Crippen molar-refractivity contribution in [1.29, 1.82) is 0 Å². The number of furan rings is 1. The zero-order chi connectivity index (χ0) is 22.7. The van der Waals surface area contributed by atoms with Gasteiger partial charge in [-0.15, -0.1) is 0 Å². The van der Waals surface area contributed by atoms with Gasteiger partial charge in [-0.2, -0.15) is 0 Å². The monoisotopic (exact) mass is 437 g/mol. The minimum Gasteiger partial charge on any atom is -0.488 e. The van der Waals surface area contributed by atoms with Crippen LogP contribution in [0.15, 0.2) is 71.3 Å². The lowest BCUT2D eigenvalue weighted by Crippen LogP contribution is -2.04. The molecule has 164 valence electrons. The summed E-state index contributed by atoms with van der Waals surface area (Å²) in [7, 11) is 0. The lowest BCUT2D eigenvalue weighted by Gasteiger charge is -2.11. The van der Waals surface area contributed by atoms with Crippen molar-refractivity contribution in [2.24, 2.45) is 5.73 Å². The van der Waals surface area contributed by atoms with Gasteiger partial charge in [-0.3, -0.25) is 4.79 Å². The first-order valence-corrected chi connectivity index (χ1v) is 10.0. The number of benzene rings is 3. The van der Waals surface area contributed by atoms with Gasteiger partial charge in [0.25, 0.3) is 6.43 Å². The number of aliphatic carboxylic acids is 1. The van der Waals surface area contributed by atoms with E-state index in [0.717, 1.165) is 11.1 Å². The largest absolute Gasteiger partial charge is 0.488 e. The minimum absolute atomic E-state index is 0.0403. The summed E-state index contributed by atoms with van der Waals surface area (Å²) in [6.45, 7) is 0.386. The van der Waals surface area contributed by atoms with Gasteiger partial charge in [0.15, 0.2) is 0 Å². The highest BCUT2D eigenvalue weighted by molar-refractivity contribution is 5.89. The van der Waals surface area contributed by atoms with Crippen molar-refractivity contribution in [3.63, 3.8) is 0 Å². The highest BCUT2D eigenvalue weighted by Gasteiger charge is 2.20. The number of hydrogen-bond acceptors (Lipinski definition) is 4. The van der Waals surface area contributed by atoms with Gasteiger partial charge < -0.3 is 20.0 Å². The molecule has 3 N–H and O–H groups in total. The van der Waals surface area contributed by atoms with E-state index in [-0.39, 0.29) is 24.2 Å². The molecule has 5 nitrogen and oxygen atoms in total. The number of ether oxygens (including phenoxy) is 1. The molecule has 0 unspecified atom stereocenters. The van der Waals surface area contributed by atoms with E-state index in [0.29, 0.717) is 34.4 Å². The van der Waals surface area contributed by atoms with Crippen LogP contribution in [0.3, 0.4) is 0 Å². The third kappa shape index (κ3) is 4.48. The number of halogens is 2. The molecule has 1 heterocycles. The van der Waals surface area contributed by atoms with Crippen LogP contribution < -0.4 is 10.5 Å². The first kappa shape index (κ1) is 21.5. The average Bonchev–Trinajstić information content (AvgIpc) is 3.20. The maximum atomic E-state index is 13.8. The van der Waals surface area contributed by atoms with E-state index in [9.17, 15) is 13.6 Å². The van der Waals surface area contributed by atoms with E-state index >= 15 is 0 Å². The van der Waals surface area contributed by atoms with E-state index in [4.69, 9.17) is 20.0 Å².